The second kappa shape index (κ2) is 4.97. The van der Waals surface area contributed by atoms with Gasteiger partial charge in [0.25, 0.3) is 0 Å². The van der Waals surface area contributed by atoms with Crippen molar-refractivity contribution in [2.45, 2.75) is 18.8 Å². The summed E-state index contributed by atoms with van der Waals surface area (Å²) in [5, 5.41) is 9.22. The van der Waals surface area contributed by atoms with Gasteiger partial charge in [-0.1, -0.05) is 30.3 Å². The van der Waals surface area contributed by atoms with E-state index in [4.69, 9.17) is 5.73 Å². The Bertz CT molecular complexity index is 290. The molecule has 0 radical (unpaired) electrons. The summed E-state index contributed by atoms with van der Waals surface area (Å²) in [6.07, 6.45) is 2.06. The lowest BCUT2D eigenvalue weighted by atomic mass is 9.60. The Morgan fingerprint density at radius 3 is 2.33 bits per heavy atom. The van der Waals surface area contributed by atoms with Crippen LogP contribution in [0.5, 0.6) is 0 Å². The van der Waals surface area contributed by atoms with Crippen LogP contribution in [0, 0.1) is 5.41 Å². The lowest BCUT2D eigenvalue weighted by molar-refractivity contribution is 0.0337. The molecular formula is C12H18ClNO. The van der Waals surface area contributed by atoms with Crippen molar-refractivity contribution in [3.8, 4) is 0 Å². The van der Waals surface area contributed by atoms with E-state index in [1.165, 1.54) is 5.56 Å². The fourth-order valence-corrected chi connectivity index (χ4v) is 2.31. The number of benzene rings is 1. The first-order valence-corrected chi connectivity index (χ1v) is 5.15. The summed E-state index contributed by atoms with van der Waals surface area (Å²) < 4.78 is 0. The Hall–Kier alpha value is -0.570. The van der Waals surface area contributed by atoms with Gasteiger partial charge in [-0.15, -0.1) is 12.4 Å². The lowest BCUT2D eigenvalue weighted by Crippen LogP contribution is -2.44. The number of halogens is 1. The van der Waals surface area contributed by atoms with Crippen LogP contribution in [0.1, 0.15) is 24.3 Å². The highest BCUT2D eigenvalue weighted by Crippen LogP contribution is 2.49. The molecule has 3 N–H and O–H groups in total. The van der Waals surface area contributed by atoms with Crippen LogP contribution in [0.3, 0.4) is 0 Å². The maximum absolute atomic E-state index is 9.22. The molecular weight excluding hydrogens is 210 g/mol. The third-order valence-electron chi connectivity index (χ3n) is 3.40. The highest BCUT2D eigenvalue weighted by atomic mass is 35.5. The van der Waals surface area contributed by atoms with Gasteiger partial charge < -0.3 is 10.8 Å². The Morgan fingerprint density at radius 2 is 1.87 bits per heavy atom. The van der Waals surface area contributed by atoms with E-state index >= 15 is 0 Å². The smallest absolute Gasteiger partial charge is 0.0499 e. The third-order valence-corrected chi connectivity index (χ3v) is 3.40. The third kappa shape index (κ3) is 2.33. The molecule has 15 heavy (non-hydrogen) atoms. The molecule has 84 valence electrons. The second-order valence-corrected chi connectivity index (χ2v) is 4.38. The van der Waals surface area contributed by atoms with E-state index in [0.717, 1.165) is 12.8 Å². The molecule has 1 aliphatic carbocycles. The first kappa shape index (κ1) is 12.5. The van der Waals surface area contributed by atoms with E-state index in [1.807, 2.05) is 6.07 Å². The SMILES string of the molecule is Cl.NCC1(CO)CC(c2ccccc2)C1. The summed E-state index contributed by atoms with van der Waals surface area (Å²) >= 11 is 0. The first-order valence-electron chi connectivity index (χ1n) is 5.15. The van der Waals surface area contributed by atoms with Gasteiger partial charge in [-0.3, -0.25) is 0 Å². The molecule has 1 aliphatic rings. The van der Waals surface area contributed by atoms with Gasteiger partial charge in [-0.25, -0.2) is 0 Å². The van der Waals surface area contributed by atoms with Crippen molar-refractivity contribution in [3.63, 3.8) is 0 Å². The van der Waals surface area contributed by atoms with Gasteiger partial charge in [0, 0.05) is 18.6 Å². The van der Waals surface area contributed by atoms with Crippen molar-refractivity contribution < 1.29 is 5.11 Å². The molecule has 0 spiro atoms. The average Bonchev–Trinajstić information content (AvgIpc) is 2.19. The molecule has 1 fully saturated rings. The molecule has 2 nitrogen and oxygen atoms in total. The predicted octanol–water partition coefficient (Wildman–Crippen LogP) is 1.92. The van der Waals surface area contributed by atoms with E-state index in [0.29, 0.717) is 12.5 Å². The molecule has 3 heteroatoms. The van der Waals surface area contributed by atoms with Gasteiger partial charge in [-0.2, -0.15) is 0 Å². The van der Waals surface area contributed by atoms with Crippen LogP contribution in [-0.2, 0) is 0 Å². The zero-order valence-corrected chi connectivity index (χ0v) is 9.54. The molecule has 0 bridgehead atoms. The van der Waals surface area contributed by atoms with Crippen LogP contribution in [-0.4, -0.2) is 18.3 Å². The van der Waals surface area contributed by atoms with Gasteiger partial charge in [0.1, 0.15) is 0 Å². The molecule has 0 saturated heterocycles. The number of hydrogen-bond donors (Lipinski definition) is 2. The molecule has 1 saturated carbocycles. The Labute approximate surface area is 96.9 Å². The molecule has 0 atom stereocenters. The standard InChI is InChI=1S/C12H17NO.ClH/c13-8-12(9-14)6-11(7-12)10-4-2-1-3-5-10;/h1-5,11,14H,6-9,13H2;1H. The van der Waals surface area contributed by atoms with Gasteiger partial charge in [0.05, 0.1) is 0 Å². The van der Waals surface area contributed by atoms with Gasteiger partial charge >= 0.3 is 0 Å². The molecule has 0 heterocycles. The van der Waals surface area contributed by atoms with Crippen molar-refractivity contribution in [3.05, 3.63) is 35.9 Å². The fraction of sp³-hybridized carbons (Fsp3) is 0.500. The van der Waals surface area contributed by atoms with Crippen LogP contribution in [0.2, 0.25) is 0 Å². The van der Waals surface area contributed by atoms with Crippen LogP contribution >= 0.6 is 12.4 Å². The molecule has 1 aromatic rings. The van der Waals surface area contributed by atoms with Crippen LogP contribution in [0.25, 0.3) is 0 Å². The zero-order chi connectivity index (χ0) is 10.0. The normalized spacial score (nSPS) is 29.1. The summed E-state index contributed by atoms with van der Waals surface area (Å²) in [5.74, 6) is 0.604. The lowest BCUT2D eigenvalue weighted by Gasteiger charge is -2.46. The summed E-state index contributed by atoms with van der Waals surface area (Å²) in [4.78, 5) is 0. The van der Waals surface area contributed by atoms with Gasteiger partial charge in [0.15, 0.2) is 0 Å². The number of nitrogens with two attached hydrogens (primary N) is 1. The summed E-state index contributed by atoms with van der Waals surface area (Å²) in [5.41, 5.74) is 7.05. The molecule has 0 unspecified atom stereocenters. The highest BCUT2D eigenvalue weighted by Gasteiger charge is 2.42. The number of aliphatic hydroxyl groups is 1. The number of aliphatic hydroxyl groups excluding tert-OH is 1. The summed E-state index contributed by atoms with van der Waals surface area (Å²) in [6.45, 7) is 0.833. The average molecular weight is 228 g/mol. The predicted molar refractivity (Wildman–Crippen MR) is 64.2 cm³/mol. The minimum Gasteiger partial charge on any atom is -0.396 e. The van der Waals surface area contributed by atoms with E-state index in [9.17, 15) is 5.11 Å². The second-order valence-electron chi connectivity index (χ2n) is 4.38. The zero-order valence-electron chi connectivity index (χ0n) is 8.73. The molecule has 0 aliphatic heterocycles. The first-order chi connectivity index (χ1) is 6.79. The molecule has 1 aromatic carbocycles. The number of rotatable bonds is 3. The van der Waals surface area contributed by atoms with E-state index in [-0.39, 0.29) is 24.4 Å². The highest BCUT2D eigenvalue weighted by molar-refractivity contribution is 5.85. The van der Waals surface area contributed by atoms with Crippen LogP contribution in [0.4, 0.5) is 0 Å². The van der Waals surface area contributed by atoms with Crippen molar-refractivity contribution in [2.24, 2.45) is 11.1 Å². The molecule has 0 amide bonds. The number of hydrogen-bond acceptors (Lipinski definition) is 2. The summed E-state index contributed by atoms with van der Waals surface area (Å²) in [6, 6.07) is 10.5. The molecule has 2 rings (SSSR count). The minimum absolute atomic E-state index is 0. The summed E-state index contributed by atoms with van der Waals surface area (Å²) in [7, 11) is 0. The topological polar surface area (TPSA) is 46.2 Å². The van der Waals surface area contributed by atoms with E-state index < -0.39 is 0 Å². The molecule has 0 aromatic heterocycles. The maximum Gasteiger partial charge on any atom is 0.0499 e. The van der Waals surface area contributed by atoms with Crippen LogP contribution < -0.4 is 5.73 Å². The monoisotopic (exact) mass is 227 g/mol. The Balaban J connectivity index is 0.00000112. The Morgan fingerprint density at radius 1 is 1.27 bits per heavy atom. The van der Waals surface area contributed by atoms with Gasteiger partial charge in [0.2, 0.25) is 0 Å². The van der Waals surface area contributed by atoms with Crippen LogP contribution in [0.15, 0.2) is 30.3 Å². The van der Waals surface area contributed by atoms with Crippen molar-refractivity contribution in [1.82, 2.24) is 0 Å². The van der Waals surface area contributed by atoms with Crippen molar-refractivity contribution in [1.29, 1.82) is 0 Å². The Kier molecular flexibility index (Phi) is 4.14. The van der Waals surface area contributed by atoms with E-state index in [1.54, 1.807) is 0 Å². The fourth-order valence-electron chi connectivity index (χ4n) is 2.31. The van der Waals surface area contributed by atoms with Gasteiger partial charge in [-0.05, 0) is 24.3 Å². The van der Waals surface area contributed by atoms with Crippen molar-refractivity contribution >= 4 is 12.4 Å². The van der Waals surface area contributed by atoms with Crippen molar-refractivity contribution in [2.75, 3.05) is 13.2 Å². The quantitative estimate of drug-likeness (QED) is 0.829. The maximum atomic E-state index is 9.22. The van der Waals surface area contributed by atoms with E-state index in [2.05, 4.69) is 24.3 Å². The largest absolute Gasteiger partial charge is 0.396 e. The minimum atomic E-state index is 0.